The van der Waals surface area contributed by atoms with E-state index in [0.29, 0.717) is 23.1 Å². The topological polar surface area (TPSA) is 229 Å². The third-order valence-electron chi connectivity index (χ3n) is 12.1. The summed E-state index contributed by atoms with van der Waals surface area (Å²) in [5, 5.41) is 16.8. The van der Waals surface area contributed by atoms with Crippen molar-refractivity contribution in [1.29, 1.82) is 0 Å². The molecule has 0 spiro atoms. The number of carbonyl (C=O) groups excluding carboxylic acids is 1. The van der Waals surface area contributed by atoms with Crippen molar-refractivity contribution in [3.63, 3.8) is 0 Å². The summed E-state index contributed by atoms with van der Waals surface area (Å²) in [6.45, 7) is 2.31. The van der Waals surface area contributed by atoms with Gasteiger partial charge in [0.1, 0.15) is 43.4 Å². The number of hydrogen-bond donors (Lipinski definition) is 3. The summed E-state index contributed by atoms with van der Waals surface area (Å²) in [6, 6.07) is 8.43. The number of alkyl halides is 2. The van der Waals surface area contributed by atoms with Crippen molar-refractivity contribution in [2.45, 2.75) is 93.2 Å². The predicted molar refractivity (Wildman–Crippen MR) is 238 cm³/mol. The van der Waals surface area contributed by atoms with E-state index in [1.807, 2.05) is 13.8 Å². The molecule has 10 rings (SSSR count). The van der Waals surface area contributed by atoms with Gasteiger partial charge in [-0.2, -0.15) is 5.10 Å². The standard InChI is InChI=1S/C38H41F2N11O9P2S3/c1-19(2)21-9-10-38(3)24(11-21)65-62(64,60-38)59-29-23(57-36(26(29)40)49-17-45-28-33(49)46-18-51-34(28)43-15-47-51)13-55-61(54,63)58-30-25(39)22(12-52)56-37(30)50-16-44-27-31(41-14-42-32(27)50)48-35(53)20-7-5-4-6-8-20/h4-8,14-18,21-26,29-30,36-37,52H,1,9-13H2,2-3H3,(H,54,63)(H,41,42,48,53)/t21-,22+,23+,24+,25+,26+,29+,30+,36+,37+,38+,61?,62?/m0/s1. The first kappa shape index (κ1) is 45.0. The van der Waals surface area contributed by atoms with E-state index in [-0.39, 0.29) is 33.8 Å². The number of hydrogen-bond acceptors (Lipinski definition) is 18. The smallest absolute Gasteiger partial charge is 0.325 e. The van der Waals surface area contributed by atoms with Crippen molar-refractivity contribution >= 4 is 87.1 Å². The van der Waals surface area contributed by atoms with Crippen LogP contribution in [0.15, 0.2) is 74.1 Å². The molecule has 4 fully saturated rings. The molecule has 1 saturated carbocycles. The summed E-state index contributed by atoms with van der Waals surface area (Å²) in [7, 11) is 0. The quantitative estimate of drug-likeness (QED) is 0.0955. The zero-order valence-electron chi connectivity index (χ0n) is 34.4. The van der Waals surface area contributed by atoms with Gasteiger partial charge in [0, 0.05) is 10.8 Å². The minimum Gasteiger partial charge on any atom is -0.394 e. The lowest BCUT2D eigenvalue weighted by atomic mass is 9.77. The number of rotatable bonds is 13. The molecular weight excluding hydrogens is 951 g/mol. The Morgan fingerprint density at radius 1 is 1.00 bits per heavy atom. The maximum atomic E-state index is 17.1. The molecule has 1 amide bonds. The second-order valence-electron chi connectivity index (χ2n) is 16.3. The van der Waals surface area contributed by atoms with Crippen LogP contribution >= 0.6 is 23.8 Å². The van der Waals surface area contributed by atoms with E-state index in [9.17, 15) is 14.8 Å². The molecule has 0 radical (unpaired) electrons. The van der Waals surface area contributed by atoms with Crippen LogP contribution < -0.4 is 5.32 Å². The Kier molecular flexibility index (Phi) is 12.0. The molecule has 3 N–H and O–H groups in total. The van der Waals surface area contributed by atoms with E-state index in [2.05, 4.69) is 46.9 Å². The molecule has 5 aromatic heterocycles. The lowest BCUT2D eigenvalue weighted by Gasteiger charge is -2.37. The Morgan fingerprint density at radius 3 is 2.49 bits per heavy atom. The number of amides is 1. The van der Waals surface area contributed by atoms with Crippen LogP contribution in [0.1, 0.15) is 55.9 Å². The molecule has 27 heteroatoms. The number of aromatic nitrogens is 10. The molecule has 1 aliphatic carbocycles. The van der Waals surface area contributed by atoms with Crippen molar-refractivity contribution in [2.24, 2.45) is 5.92 Å². The summed E-state index contributed by atoms with van der Waals surface area (Å²) in [4.78, 5) is 50.5. The second kappa shape index (κ2) is 17.4. The van der Waals surface area contributed by atoms with Crippen LogP contribution in [0.2, 0.25) is 0 Å². The Hall–Kier alpha value is -3.81. The number of benzene rings is 1. The van der Waals surface area contributed by atoms with Crippen LogP contribution in [0, 0.1) is 5.92 Å². The van der Waals surface area contributed by atoms with Gasteiger partial charge in [0.15, 0.2) is 58.6 Å². The number of ether oxygens (including phenoxy) is 2. The zero-order valence-corrected chi connectivity index (χ0v) is 38.6. The fourth-order valence-corrected chi connectivity index (χ4v) is 17.2. The van der Waals surface area contributed by atoms with E-state index in [0.717, 1.165) is 18.4 Å². The molecule has 8 heterocycles. The molecule has 6 aromatic rings. The molecule has 0 bridgehead atoms. The number of allylic oxidation sites excluding steroid dienone is 1. The predicted octanol–water partition coefficient (Wildman–Crippen LogP) is 5.52. The fraction of sp³-hybridized carbons (Fsp3) is 0.474. The van der Waals surface area contributed by atoms with E-state index in [1.54, 1.807) is 30.3 Å². The molecule has 3 saturated heterocycles. The summed E-state index contributed by atoms with van der Waals surface area (Å²) < 4.78 is 74.4. The van der Waals surface area contributed by atoms with E-state index in [1.165, 1.54) is 56.7 Å². The summed E-state index contributed by atoms with van der Waals surface area (Å²) >= 11 is 12.9. The minimum absolute atomic E-state index is 0.0317. The number of carbonyl (C=O) groups is 1. The fourth-order valence-electron chi connectivity index (χ4n) is 8.63. The number of imidazole rings is 2. The van der Waals surface area contributed by atoms with Crippen molar-refractivity contribution in [1.82, 2.24) is 48.7 Å². The number of halogens is 2. The second-order valence-corrected chi connectivity index (χ2v) is 25.4. The highest BCUT2D eigenvalue weighted by molar-refractivity contribution is 8.68. The molecule has 4 aliphatic rings. The van der Waals surface area contributed by atoms with E-state index in [4.69, 9.17) is 51.2 Å². The van der Waals surface area contributed by atoms with Gasteiger partial charge in [0.2, 0.25) is 5.69 Å². The van der Waals surface area contributed by atoms with Gasteiger partial charge in [-0.15, -0.1) is 0 Å². The third-order valence-corrected chi connectivity index (χ3v) is 19.3. The monoisotopic (exact) mass is 991 g/mol. The van der Waals surface area contributed by atoms with Crippen LogP contribution in [0.3, 0.4) is 0 Å². The van der Waals surface area contributed by atoms with Crippen molar-refractivity contribution in [2.75, 3.05) is 18.5 Å². The van der Waals surface area contributed by atoms with Gasteiger partial charge in [-0.3, -0.25) is 18.5 Å². The molecule has 65 heavy (non-hydrogen) atoms. The zero-order chi connectivity index (χ0) is 45.4. The normalized spacial score (nSPS) is 33.4. The number of aliphatic hydroxyl groups excluding tert-OH is 1. The first-order chi connectivity index (χ1) is 31.1. The van der Waals surface area contributed by atoms with Gasteiger partial charge in [-0.25, -0.2) is 43.2 Å². The van der Waals surface area contributed by atoms with Gasteiger partial charge in [-0.1, -0.05) is 41.7 Å². The van der Waals surface area contributed by atoms with Gasteiger partial charge in [-0.05, 0) is 74.8 Å². The van der Waals surface area contributed by atoms with Crippen LogP contribution in [0.25, 0.3) is 28.0 Å². The van der Waals surface area contributed by atoms with E-state index >= 15 is 8.78 Å². The van der Waals surface area contributed by atoms with Crippen LogP contribution in [-0.2, 0) is 51.2 Å². The van der Waals surface area contributed by atoms with Crippen molar-refractivity contribution in [3.8, 4) is 0 Å². The molecule has 13 atom stereocenters. The van der Waals surface area contributed by atoms with E-state index < -0.39 is 86.3 Å². The first-order valence-corrected chi connectivity index (χ1v) is 27.1. The SMILES string of the molecule is C=C(C)[C@H]1CC[C@@]2(C)OP(=S)(O[C@H]3[C@@H](F)[C@H](n4cnc5c4ncn4ncnc54)O[C@@H]3COP(O)(=S)O[C@@H]3[C@H](F)[C@@H](CO)O[C@H]3n3cnc4c(NC(=O)c5ccccc5)ncnc43)S[C@@H]2C1. The Labute approximate surface area is 382 Å². The largest absolute Gasteiger partial charge is 0.394 e. The van der Waals surface area contributed by atoms with Gasteiger partial charge in [0.05, 0.1) is 31.5 Å². The molecule has 20 nitrogen and oxygen atoms in total. The number of nitrogens with one attached hydrogen (secondary N) is 1. The molecular formula is C38H41F2N11O9P2S3. The first-order valence-electron chi connectivity index (χ1n) is 20.4. The van der Waals surface area contributed by atoms with Crippen LogP contribution in [0.4, 0.5) is 14.6 Å². The molecule has 3 aliphatic heterocycles. The highest BCUT2D eigenvalue weighted by Gasteiger charge is 2.57. The molecule has 1 aromatic carbocycles. The van der Waals surface area contributed by atoms with Crippen LogP contribution in [-0.4, -0.2) is 125 Å². The maximum absolute atomic E-state index is 17.1. The highest BCUT2D eigenvalue weighted by Crippen LogP contribution is 2.75. The Bertz CT molecular complexity index is 2900. The average molecular weight is 992 g/mol. The molecule has 344 valence electrons. The number of anilines is 1. The summed E-state index contributed by atoms with van der Waals surface area (Å²) in [5.41, 5.74) is -1.23. The van der Waals surface area contributed by atoms with Gasteiger partial charge in [0.25, 0.3) is 5.91 Å². The lowest BCUT2D eigenvalue weighted by molar-refractivity contribution is -0.0545. The number of fused-ring (bicyclic) bond motifs is 5. The summed E-state index contributed by atoms with van der Waals surface area (Å²) in [6.07, 6.45) is -3.70. The Morgan fingerprint density at radius 2 is 1.72 bits per heavy atom. The van der Waals surface area contributed by atoms with Crippen molar-refractivity contribution in [3.05, 3.63) is 79.7 Å². The Balaban J connectivity index is 0.904. The van der Waals surface area contributed by atoms with Gasteiger partial charge >= 0.3 is 6.72 Å². The summed E-state index contributed by atoms with van der Waals surface area (Å²) in [5.74, 6) is -0.127. The van der Waals surface area contributed by atoms with Gasteiger partial charge < -0.3 is 38.4 Å². The highest BCUT2D eigenvalue weighted by atomic mass is 32.9. The maximum Gasteiger partial charge on any atom is 0.325 e. The molecule has 2 unspecified atom stereocenters. The average Bonchev–Trinajstić information content (AvgIpc) is 4.14. The third kappa shape index (κ3) is 8.35. The minimum atomic E-state index is -4.48. The van der Waals surface area contributed by atoms with Crippen LogP contribution in [0.5, 0.6) is 0 Å². The lowest BCUT2D eigenvalue weighted by Crippen LogP contribution is -2.40. The number of nitrogens with zero attached hydrogens (tertiary/aromatic N) is 10. The number of aliphatic hydroxyl groups is 1. The van der Waals surface area contributed by atoms with Crippen molar-refractivity contribution < 1.29 is 51.1 Å².